The van der Waals surface area contributed by atoms with Crippen molar-refractivity contribution in [1.82, 2.24) is 0 Å². The molecular weight excluding hydrogens is 397 g/mol. The lowest BCUT2D eigenvalue weighted by Gasteiger charge is -2.11. The Morgan fingerprint density at radius 1 is 0.786 bits per heavy atom. The van der Waals surface area contributed by atoms with Gasteiger partial charge in [-0.15, -0.1) is 0 Å². The van der Waals surface area contributed by atoms with Crippen molar-refractivity contribution < 1.29 is 9.59 Å². The second kappa shape index (κ2) is 9.26. The lowest BCUT2D eigenvalue weighted by atomic mass is 10.2. The summed E-state index contributed by atoms with van der Waals surface area (Å²) in [7, 11) is 0. The number of carbonyl (C=O) groups is 2. The van der Waals surface area contributed by atoms with E-state index in [2.05, 4.69) is 16.0 Å². The molecule has 0 radical (unpaired) electrons. The van der Waals surface area contributed by atoms with Crippen LogP contribution in [0.25, 0.3) is 0 Å². The summed E-state index contributed by atoms with van der Waals surface area (Å²) < 4.78 is 0. The number of rotatable bonds is 6. The van der Waals surface area contributed by atoms with Crippen LogP contribution in [0.2, 0.25) is 10.0 Å². The minimum absolute atomic E-state index is 0.0297. The summed E-state index contributed by atoms with van der Waals surface area (Å²) in [5, 5.41) is 9.50. The third-order valence-electron chi connectivity index (χ3n) is 3.81. The maximum absolute atomic E-state index is 12.2. The molecular formula is C21H17Cl2N3O2. The quantitative estimate of drug-likeness (QED) is 0.513. The first-order valence-electron chi connectivity index (χ1n) is 8.46. The van der Waals surface area contributed by atoms with E-state index in [1.807, 2.05) is 6.07 Å². The fraction of sp³-hybridized carbons (Fsp3) is 0.0476. The lowest BCUT2D eigenvalue weighted by molar-refractivity contribution is -0.114. The standard InChI is InChI=1S/C21H17Cl2N3O2/c22-15-9-10-19(18(23)11-15)24-13-20(27)25-16-7-4-8-17(12-16)26-21(28)14-5-2-1-3-6-14/h1-12,24H,13H2,(H,25,27)(H,26,28). The third-order valence-corrected chi connectivity index (χ3v) is 4.36. The zero-order valence-electron chi connectivity index (χ0n) is 14.7. The first kappa shape index (κ1) is 19.7. The largest absolute Gasteiger partial charge is 0.375 e. The fourth-order valence-corrected chi connectivity index (χ4v) is 2.96. The maximum Gasteiger partial charge on any atom is 0.255 e. The highest BCUT2D eigenvalue weighted by atomic mass is 35.5. The molecule has 3 aromatic carbocycles. The van der Waals surface area contributed by atoms with Gasteiger partial charge in [-0.1, -0.05) is 47.5 Å². The van der Waals surface area contributed by atoms with Crippen molar-refractivity contribution in [3.8, 4) is 0 Å². The molecule has 0 fully saturated rings. The molecule has 0 aliphatic carbocycles. The molecule has 3 aromatic rings. The monoisotopic (exact) mass is 413 g/mol. The first-order chi connectivity index (χ1) is 13.5. The van der Waals surface area contributed by atoms with Crippen molar-refractivity contribution in [3.05, 3.63) is 88.4 Å². The van der Waals surface area contributed by atoms with Crippen LogP contribution in [0.1, 0.15) is 10.4 Å². The van der Waals surface area contributed by atoms with Crippen LogP contribution in [0.3, 0.4) is 0 Å². The van der Waals surface area contributed by atoms with E-state index in [9.17, 15) is 9.59 Å². The van der Waals surface area contributed by atoms with Gasteiger partial charge in [0.05, 0.1) is 17.3 Å². The Balaban J connectivity index is 1.57. The summed E-state index contributed by atoms with van der Waals surface area (Å²) in [5.74, 6) is -0.472. The SMILES string of the molecule is O=C(CNc1ccc(Cl)cc1Cl)Nc1cccc(NC(=O)c2ccccc2)c1. The topological polar surface area (TPSA) is 70.2 Å². The Hall–Kier alpha value is -3.02. The molecule has 0 aromatic heterocycles. The Labute approximate surface area is 172 Å². The number of benzene rings is 3. The zero-order chi connectivity index (χ0) is 19.9. The van der Waals surface area contributed by atoms with Gasteiger partial charge in [-0.05, 0) is 48.5 Å². The molecule has 0 aliphatic rings. The molecule has 7 heteroatoms. The van der Waals surface area contributed by atoms with Gasteiger partial charge in [0.2, 0.25) is 5.91 Å². The van der Waals surface area contributed by atoms with Crippen LogP contribution in [-0.4, -0.2) is 18.4 Å². The highest BCUT2D eigenvalue weighted by Crippen LogP contribution is 2.25. The molecule has 3 rings (SSSR count). The van der Waals surface area contributed by atoms with Crippen molar-refractivity contribution in [3.63, 3.8) is 0 Å². The number of hydrogen-bond donors (Lipinski definition) is 3. The molecule has 0 heterocycles. The highest BCUT2D eigenvalue weighted by molar-refractivity contribution is 6.36. The van der Waals surface area contributed by atoms with Crippen molar-refractivity contribution in [1.29, 1.82) is 0 Å². The number of anilines is 3. The summed E-state index contributed by atoms with van der Waals surface area (Å²) in [5.41, 5.74) is 2.33. The second-order valence-corrected chi connectivity index (χ2v) is 6.77. The molecule has 0 aliphatic heterocycles. The number of hydrogen-bond acceptors (Lipinski definition) is 3. The molecule has 28 heavy (non-hydrogen) atoms. The molecule has 3 N–H and O–H groups in total. The molecule has 0 saturated heterocycles. The van der Waals surface area contributed by atoms with E-state index < -0.39 is 0 Å². The number of nitrogens with one attached hydrogen (secondary N) is 3. The molecule has 0 bridgehead atoms. The average Bonchev–Trinajstić information content (AvgIpc) is 2.68. The molecule has 0 atom stereocenters. The smallest absolute Gasteiger partial charge is 0.255 e. The molecule has 0 unspecified atom stereocenters. The van der Waals surface area contributed by atoms with Gasteiger partial charge in [0.15, 0.2) is 0 Å². The van der Waals surface area contributed by atoms with Crippen LogP contribution in [0.15, 0.2) is 72.8 Å². The molecule has 2 amide bonds. The van der Waals surface area contributed by atoms with Crippen molar-refractivity contribution in [2.24, 2.45) is 0 Å². The van der Waals surface area contributed by atoms with Gasteiger partial charge < -0.3 is 16.0 Å². The number of halogens is 2. The third kappa shape index (κ3) is 5.49. The van der Waals surface area contributed by atoms with E-state index in [1.165, 1.54) is 0 Å². The lowest BCUT2D eigenvalue weighted by Crippen LogP contribution is -2.22. The van der Waals surface area contributed by atoms with Crippen molar-refractivity contribution in [2.45, 2.75) is 0 Å². The number of amides is 2. The summed E-state index contributed by atoms with van der Waals surface area (Å²) in [6.07, 6.45) is 0. The minimum Gasteiger partial charge on any atom is -0.375 e. The van der Waals surface area contributed by atoms with E-state index in [0.29, 0.717) is 32.7 Å². The van der Waals surface area contributed by atoms with Crippen LogP contribution in [0.5, 0.6) is 0 Å². The summed E-state index contributed by atoms with van der Waals surface area (Å²) >= 11 is 11.9. The summed E-state index contributed by atoms with van der Waals surface area (Å²) in [6.45, 7) is 0.0297. The van der Waals surface area contributed by atoms with Gasteiger partial charge in [0.1, 0.15) is 0 Å². The van der Waals surface area contributed by atoms with Crippen LogP contribution >= 0.6 is 23.2 Å². The van der Waals surface area contributed by atoms with E-state index >= 15 is 0 Å². The van der Waals surface area contributed by atoms with Crippen LogP contribution < -0.4 is 16.0 Å². The van der Waals surface area contributed by atoms with E-state index in [4.69, 9.17) is 23.2 Å². The van der Waals surface area contributed by atoms with E-state index in [-0.39, 0.29) is 18.4 Å². The molecule has 142 valence electrons. The Morgan fingerprint density at radius 3 is 2.21 bits per heavy atom. The predicted octanol–water partition coefficient (Wildman–Crippen LogP) is 5.30. The Morgan fingerprint density at radius 2 is 1.50 bits per heavy atom. The van der Waals surface area contributed by atoms with Gasteiger partial charge in [-0.3, -0.25) is 9.59 Å². The van der Waals surface area contributed by atoms with E-state index in [1.54, 1.807) is 66.7 Å². The van der Waals surface area contributed by atoms with Crippen LogP contribution in [0, 0.1) is 0 Å². The van der Waals surface area contributed by atoms with Gasteiger partial charge in [0.25, 0.3) is 5.91 Å². The molecule has 0 saturated carbocycles. The summed E-state index contributed by atoms with van der Waals surface area (Å²) in [6, 6.07) is 20.8. The van der Waals surface area contributed by atoms with Crippen molar-refractivity contribution in [2.75, 3.05) is 22.5 Å². The predicted molar refractivity (Wildman–Crippen MR) is 114 cm³/mol. The second-order valence-electron chi connectivity index (χ2n) is 5.93. The number of carbonyl (C=O) groups excluding carboxylic acids is 2. The van der Waals surface area contributed by atoms with Crippen LogP contribution in [-0.2, 0) is 4.79 Å². The maximum atomic E-state index is 12.2. The Bertz CT molecular complexity index is 994. The first-order valence-corrected chi connectivity index (χ1v) is 9.22. The fourth-order valence-electron chi connectivity index (χ4n) is 2.48. The summed E-state index contributed by atoms with van der Waals surface area (Å²) in [4.78, 5) is 24.4. The van der Waals surface area contributed by atoms with E-state index in [0.717, 1.165) is 0 Å². The molecule has 0 spiro atoms. The minimum atomic E-state index is -0.252. The highest BCUT2D eigenvalue weighted by Gasteiger charge is 2.08. The normalized spacial score (nSPS) is 10.2. The van der Waals surface area contributed by atoms with Gasteiger partial charge in [-0.25, -0.2) is 0 Å². The van der Waals surface area contributed by atoms with Crippen molar-refractivity contribution >= 4 is 52.1 Å². The van der Waals surface area contributed by atoms with Gasteiger partial charge >= 0.3 is 0 Å². The zero-order valence-corrected chi connectivity index (χ0v) is 16.2. The van der Waals surface area contributed by atoms with Gasteiger partial charge in [-0.2, -0.15) is 0 Å². The Kier molecular flexibility index (Phi) is 6.53. The molecule has 5 nitrogen and oxygen atoms in total. The average molecular weight is 414 g/mol. The van der Waals surface area contributed by atoms with Crippen LogP contribution in [0.4, 0.5) is 17.1 Å². The van der Waals surface area contributed by atoms with Gasteiger partial charge in [0, 0.05) is 22.0 Å².